The minimum atomic E-state index is -0.707. The van der Waals surface area contributed by atoms with Crippen LogP contribution in [-0.2, 0) is 17.6 Å². The zero-order valence-corrected chi connectivity index (χ0v) is 31.1. The van der Waals surface area contributed by atoms with Gasteiger partial charge in [0.25, 0.3) is 11.8 Å². The van der Waals surface area contributed by atoms with Crippen LogP contribution in [0.3, 0.4) is 0 Å². The Labute approximate surface area is 316 Å². The van der Waals surface area contributed by atoms with E-state index in [1.807, 2.05) is 84.9 Å². The molecule has 0 spiro atoms. The summed E-state index contributed by atoms with van der Waals surface area (Å²) in [6, 6.07) is 28.9. The van der Waals surface area contributed by atoms with Gasteiger partial charge in [0.05, 0.1) is 17.2 Å². The third kappa shape index (κ3) is 10.1. The lowest BCUT2D eigenvalue weighted by Gasteiger charge is -2.34. The quantitative estimate of drug-likeness (QED) is 0.0870. The predicted octanol–water partition coefficient (Wildman–Crippen LogP) is 8.75. The summed E-state index contributed by atoms with van der Waals surface area (Å²) in [5.41, 5.74) is 5.89. The maximum absolute atomic E-state index is 13.9. The molecular weight excluding hydrogens is 685 g/mol. The first-order chi connectivity index (χ1) is 25.8. The molecule has 3 N–H and O–H groups in total. The number of benzene rings is 4. The first-order valence-corrected chi connectivity index (χ1v) is 19.5. The molecule has 2 amide bonds. The number of carbonyl (C=O) groups is 4. The van der Waals surface area contributed by atoms with E-state index in [9.17, 15) is 24.3 Å². The van der Waals surface area contributed by atoms with Crippen LogP contribution in [0.15, 0.2) is 95.9 Å². The Hall–Kier alpha value is -4.93. The van der Waals surface area contributed by atoms with Gasteiger partial charge in [-0.1, -0.05) is 49.4 Å². The molecule has 0 aromatic heterocycles. The summed E-state index contributed by atoms with van der Waals surface area (Å²) in [5, 5.41) is 15.5. The number of hydrogen-bond donors (Lipinski definition) is 3. The van der Waals surface area contributed by atoms with Gasteiger partial charge >= 0.3 is 5.97 Å². The van der Waals surface area contributed by atoms with Crippen LogP contribution in [-0.4, -0.2) is 59.2 Å². The number of piperidine rings is 1. The molecular formula is C43H48N4O5S. The highest BCUT2D eigenvalue weighted by Gasteiger charge is 2.29. The van der Waals surface area contributed by atoms with E-state index in [0.29, 0.717) is 40.9 Å². The molecule has 1 aliphatic carbocycles. The molecule has 0 radical (unpaired) electrons. The lowest BCUT2D eigenvalue weighted by atomic mass is 9.86. The van der Waals surface area contributed by atoms with Crippen molar-refractivity contribution >= 4 is 53.1 Å². The molecule has 1 saturated heterocycles. The highest BCUT2D eigenvalue weighted by atomic mass is 32.2. The summed E-state index contributed by atoms with van der Waals surface area (Å²) >= 11 is 1.60. The zero-order valence-electron chi connectivity index (χ0n) is 30.3. The molecule has 0 unspecified atom stereocenters. The summed E-state index contributed by atoms with van der Waals surface area (Å²) in [4.78, 5) is 53.3. The molecule has 9 nitrogen and oxygen atoms in total. The lowest BCUT2D eigenvalue weighted by molar-refractivity contribution is -0.143. The summed E-state index contributed by atoms with van der Waals surface area (Å²) in [6.07, 6.45) is 8.93. The minimum Gasteiger partial charge on any atom is -0.481 e. The van der Waals surface area contributed by atoms with E-state index in [1.54, 1.807) is 18.0 Å². The van der Waals surface area contributed by atoms with Crippen molar-refractivity contribution in [1.29, 1.82) is 0 Å². The zero-order chi connectivity index (χ0) is 37.2. The van der Waals surface area contributed by atoms with E-state index in [0.717, 1.165) is 86.2 Å². The maximum atomic E-state index is 13.9. The maximum Gasteiger partial charge on any atom is 0.306 e. The normalized spacial score (nSPS) is 17.3. The predicted molar refractivity (Wildman–Crippen MR) is 212 cm³/mol. The Kier molecular flexibility index (Phi) is 13.0. The summed E-state index contributed by atoms with van der Waals surface area (Å²) in [7, 11) is 0. The van der Waals surface area contributed by atoms with Gasteiger partial charge in [0.1, 0.15) is 6.29 Å². The summed E-state index contributed by atoms with van der Waals surface area (Å²) in [6.45, 7) is 4.75. The molecule has 2 aliphatic rings. The number of carbonyl (C=O) groups excluding carboxylic acids is 3. The van der Waals surface area contributed by atoms with Crippen LogP contribution in [0.1, 0.15) is 94.1 Å². The van der Waals surface area contributed by atoms with Gasteiger partial charge in [0.15, 0.2) is 0 Å². The number of carboxylic acid groups (broad SMARTS) is 1. The van der Waals surface area contributed by atoms with Gasteiger partial charge < -0.3 is 20.6 Å². The fourth-order valence-electron chi connectivity index (χ4n) is 7.21. The third-order valence-corrected chi connectivity index (χ3v) is 11.6. The van der Waals surface area contributed by atoms with Gasteiger partial charge in [-0.25, -0.2) is 4.31 Å². The van der Waals surface area contributed by atoms with Crippen LogP contribution in [0, 0.1) is 5.92 Å². The van der Waals surface area contributed by atoms with Crippen molar-refractivity contribution in [2.24, 2.45) is 5.92 Å². The number of anilines is 3. The van der Waals surface area contributed by atoms with Crippen molar-refractivity contribution in [1.82, 2.24) is 4.31 Å². The van der Waals surface area contributed by atoms with E-state index in [-0.39, 0.29) is 23.8 Å². The van der Waals surface area contributed by atoms with Crippen LogP contribution in [0.25, 0.3) is 0 Å². The van der Waals surface area contributed by atoms with Crippen molar-refractivity contribution in [3.8, 4) is 0 Å². The standard InChI is InChI=1S/C43H48N4O5S/c1-2-47(36-21-17-33(18-22-36)43(51)52)53-38-8-6-7-34(27-38)41(49)45-40-24-23-37(46-25-4-3-5-26-46)28-39(40)42(50)44-35-19-15-31(16-20-35)10-9-30-11-13-32(29-48)14-12-30/h6-8,11-16,19-20,23-24,27-29,33,36H,2-5,9-10,17-18,21-22,25-26H2,1H3,(H,44,50)(H,45,49)(H,51,52)/t33-,36+. The fraction of sp³-hybridized carbons (Fsp3) is 0.349. The monoisotopic (exact) mass is 732 g/mol. The van der Waals surface area contributed by atoms with Gasteiger partial charge in [-0.3, -0.25) is 19.2 Å². The Morgan fingerprint density at radius 1 is 0.811 bits per heavy atom. The van der Waals surface area contributed by atoms with E-state index >= 15 is 0 Å². The Bertz CT molecular complexity index is 1880. The van der Waals surface area contributed by atoms with Crippen molar-refractivity contribution < 1.29 is 24.3 Å². The smallest absolute Gasteiger partial charge is 0.306 e. The number of nitrogens with zero attached hydrogens (tertiary/aromatic N) is 2. The van der Waals surface area contributed by atoms with E-state index in [2.05, 4.69) is 26.8 Å². The number of hydrogen-bond acceptors (Lipinski definition) is 7. The number of rotatable bonds is 14. The third-order valence-electron chi connectivity index (χ3n) is 10.3. The van der Waals surface area contributed by atoms with Crippen molar-refractivity contribution in [3.05, 3.63) is 119 Å². The molecule has 4 aromatic rings. The van der Waals surface area contributed by atoms with Crippen LogP contribution >= 0.6 is 11.9 Å². The van der Waals surface area contributed by atoms with Gasteiger partial charge in [-0.15, -0.1) is 0 Å². The molecule has 4 aromatic carbocycles. The van der Waals surface area contributed by atoms with Crippen LogP contribution < -0.4 is 15.5 Å². The average Bonchev–Trinajstić information content (AvgIpc) is 3.20. The first kappa shape index (κ1) is 37.8. The van der Waals surface area contributed by atoms with Gasteiger partial charge in [0, 0.05) is 53.1 Å². The number of amides is 2. The van der Waals surface area contributed by atoms with Crippen molar-refractivity contribution in [3.63, 3.8) is 0 Å². The number of nitrogens with one attached hydrogen (secondary N) is 2. The second-order valence-electron chi connectivity index (χ2n) is 13.9. The molecule has 2 fully saturated rings. The second kappa shape index (κ2) is 18.2. The number of aldehydes is 1. The largest absolute Gasteiger partial charge is 0.481 e. The molecule has 1 aliphatic heterocycles. The molecule has 1 saturated carbocycles. The number of aliphatic carboxylic acids is 1. The fourth-order valence-corrected chi connectivity index (χ4v) is 8.29. The van der Waals surface area contributed by atoms with Crippen LogP contribution in [0.5, 0.6) is 0 Å². The molecule has 0 bridgehead atoms. The minimum absolute atomic E-state index is 0.264. The summed E-state index contributed by atoms with van der Waals surface area (Å²) in [5.74, 6) is -1.58. The Morgan fingerprint density at radius 3 is 2.13 bits per heavy atom. The van der Waals surface area contributed by atoms with E-state index in [1.165, 1.54) is 6.42 Å². The molecule has 10 heteroatoms. The molecule has 0 atom stereocenters. The Morgan fingerprint density at radius 2 is 1.49 bits per heavy atom. The van der Waals surface area contributed by atoms with Gasteiger partial charge in [0.2, 0.25) is 0 Å². The van der Waals surface area contributed by atoms with Crippen LogP contribution in [0.2, 0.25) is 0 Å². The topological polar surface area (TPSA) is 119 Å². The van der Waals surface area contributed by atoms with Crippen molar-refractivity contribution in [2.75, 3.05) is 35.2 Å². The number of aryl methyl sites for hydroxylation is 2. The van der Waals surface area contributed by atoms with E-state index < -0.39 is 5.97 Å². The SMILES string of the molecule is CCN(Sc1cccc(C(=O)Nc2ccc(N3CCCCC3)cc2C(=O)Nc2ccc(CCc3ccc(C=O)cc3)cc2)c1)[C@H]1CC[C@@H](C(=O)O)CC1. The molecule has 276 valence electrons. The molecule has 6 rings (SSSR count). The first-order valence-electron chi connectivity index (χ1n) is 18.7. The van der Waals surface area contributed by atoms with Gasteiger partial charge in [-0.05, 0) is 129 Å². The van der Waals surface area contributed by atoms with Crippen LogP contribution in [0.4, 0.5) is 17.1 Å². The average molecular weight is 733 g/mol. The van der Waals surface area contributed by atoms with E-state index in [4.69, 9.17) is 0 Å². The highest BCUT2D eigenvalue weighted by molar-refractivity contribution is 7.97. The number of carboxylic acids is 1. The van der Waals surface area contributed by atoms with Gasteiger partial charge in [-0.2, -0.15) is 0 Å². The highest BCUT2D eigenvalue weighted by Crippen LogP contribution is 2.34. The summed E-state index contributed by atoms with van der Waals surface area (Å²) < 4.78 is 2.29. The molecule has 1 heterocycles. The Balaban J connectivity index is 1.14. The van der Waals surface area contributed by atoms with Crippen molar-refractivity contribution in [2.45, 2.75) is 75.6 Å². The lowest BCUT2D eigenvalue weighted by Crippen LogP contribution is -2.34. The second-order valence-corrected chi connectivity index (χ2v) is 15.1. The molecule has 53 heavy (non-hydrogen) atoms.